The standard InChI is InChI=1S/C23H30N4O2/c1-2-24-23(25-15-20(17-28)18-9-4-3-5-10-18)26-16-22(29)27-14-8-12-19-11-6-7-13-21(19)27/h3-7,9-11,13,20,28H,2,8,12,14-17H2,1H3,(H2,24,25,26). The van der Waals surface area contributed by atoms with E-state index in [1.807, 2.05) is 60.4 Å². The first-order valence-electron chi connectivity index (χ1n) is 10.3. The number of aliphatic hydroxyl groups is 1. The molecule has 0 radical (unpaired) electrons. The number of anilines is 1. The number of amides is 1. The average molecular weight is 395 g/mol. The second kappa shape index (κ2) is 10.6. The third kappa shape index (κ3) is 5.57. The number of hydrogen-bond donors (Lipinski definition) is 3. The summed E-state index contributed by atoms with van der Waals surface area (Å²) in [6.07, 6.45) is 1.98. The van der Waals surface area contributed by atoms with Crippen LogP contribution in [-0.2, 0) is 11.2 Å². The summed E-state index contributed by atoms with van der Waals surface area (Å²) in [6.45, 7) is 4.07. The molecule has 2 aromatic carbocycles. The van der Waals surface area contributed by atoms with Crippen LogP contribution in [0.1, 0.15) is 30.4 Å². The molecule has 6 heteroatoms. The van der Waals surface area contributed by atoms with Crippen LogP contribution >= 0.6 is 0 Å². The maximum atomic E-state index is 12.8. The largest absolute Gasteiger partial charge is 0.396 e. The molecule has 2 aromatic rings. The van der Waals surface area contributed by atoms with E-state index in [2.05, 4.69) is 21.7 Å². The highest BCUT2D eigenvalue weighted by molar-refractivity contribution is 5.97. The fourth-order valence-corrected chi connectivity index (χ4v) is 3.60. The van der Waals surface area contributed by atoms with Crippen molar-refractivity contribution in [2.24, 2.45) is 4.99 Å². The van der Waals surface area contributed by atoms with Gasteiger partial charge in [-0.15, -0.1) is 0 Å². The Morgan fingerprint density at radius 1 is 1.14 bits per heavy atom. The van der Waals surface area contributed by atoms with Gasteiger partial charge in [-0.3, -0.25) is 4.79 Å². The first-order chi connectivity index (χ1) is 14.2. The van der Waals surface area contributed by atoms with Crippen molar-refractivity contribution < 1.29 is 9.90 Å². The lowest BCUT2D eigenvalue weighted by Gasteiger charge is -2.29. The van der Waals surface area contributed by atoms with Crippen LogP contribution in [0.4, 0.5) is 5.69 Å². The molecule has 6 nitrogen and oxygen atoms in total. The first kappa shape index (κ1) is 20.9. The molecule has 3 N–H and O–H groups in total. The lowest BCUT2D eigenvalue weighted by molar-refractivity contribution is -0.117. The van der Waals surface area contributed by atoms with Gasteiger partial charge in [-0.25, -0.2) is 4.99 Å². The van der Waals surface area contributed by atoms with Crippen LogP contribution in [0.25, 0.3) is 0 Å². The number of aliphatic hydroxyl groups excluding tert-OH is 1. The zero-order valence-corrected chi connectivity index (χ0v) is 17.0. The third-order valence-corrected chi connectivity index (χ3v) is 5.14. The van der Waals surface area contributed by atoms with E-state index in [0.717, 1.165) is 30.6 Å². The predicted octanol–water partition coefficient (Wildman–Crippen LogP) is 2.30. The second-order valence-corrected chi connectivity index (χ2v) is 7.14. The van der Waals surface area contributed by atoms with Crippen LogP contribution in [0.3, 0.4) is 0 Å². The van der Waals surface area contributed by atoms with Gasteiger partial charge in [0.25, 0.3) is 0 Å². The van der Waals surface area contributed by atoms with Crippen LogP contribution in [0.15, 0.2) is 59.6 Å². The monoisotopic (exact) mass is 394 g/mol. The van der Waals surface area contributed by atoms with E-state index in [1.165, 1.54) is 5.56 Å². The van der Waals surface area contributed by atoms with Crippen LogP contribution < -0.4 is 15.5 Å². The highest BCUT2D eigenvalue weighted by Gasteiger charge is 2.21. The molecule has 0 aliphatic carbocycles. The molecule has 0 aromatic heterocycles. The summed E-state index contributed by atoms with van der Waals surface area (Å²) in [4.78, 5) is 19.1. The zero-order valence-electron chi connectivity index (χ0n) is 17.0. The number of rotatable bonds is 7. The van der Waals surface area contributed by atoms with Gasteiger partial charge in [-0.2, -0.15) is 0 Å². The minimum Gasteiger partial charge on any atom is -0.396 e. The molecule has 1 amide bonds. The Balaban J connectivity index is 1.62. The summed E-state index contributed by atoms with van der Waals surface area (Å²) in [6, 6.07) is 18.0. The highest BCUT2D eigenvalue weighted by Crippen LogP contribution is 2.26. The normalized spacial score (nSPS) is 14.8. The Kier molecular flexibility index (Phi) is 7.64. The van der Waals surface area contributed by atoms with E-state index in [4.69, 9.17) is 0 Å². The maximum absolute atomic E-state index is 12.8. The third-order valence-electron chi connectivity index (χ3n) is 5.14. The number of guanidine groups is 1. The Morgan fingerprint density at radius 2 is 1.90 bits per heavy atom. The van der Waals surface area contributed by atoms with E-state index in [-0.39, 0.29) is 25.0 Å². The fraction of sp³-hybridized carbons (Fsp3) is 0.391. The van der Waals surface area contributed by atoms with Gasteiger partial charge in [-0.05, 0) is 37.0 Å². The molecule has 0 spiro atoms. The summed E-state index contributed by atoms with van der Waals surface area (Å²) in [5, 5.41) is 16.2. The van der Waals surface area contributed by atoms with Gasteiger partial charge in [0.05, 0.1) is 6.61 Å². The number of fused-ring (bicyclic) bond motifs is 1. The zero-order chi connectivity index (χ0) is 20.5. The molecule has 29 heavy (non-hydrogen) atoms. The van der Waals surface area contributed by atoms with Crippen molar-refractivity contribution in [1.82, 2.24) is 10.6 Å². The molecular weight excluding hydrogens is 364 g/mol. The van der Waals surface area contributed by atoms with Crippen molar-refractivity contribution in [3.63, 3.8) is 0 Å². The average Bonchev–Trinajstić information content (AvgIpc) is 2.78. The number of nitrogens with one attached hydrogen (secondary N) is 2. The van der Waals surface area contributed by atoms with Crippen molar-refractivity contribution in [2.75, 3.05) is 37.7 Å². The van der Waals surface area contributed by atoms with Gasteiger partial charge in [0, 0.05) is 31.2 Å². The van der Waals surface area contributed by atoms with Gasteiger partial charge >= 0.3 is 0 Å². The van der Waals surface area contributed by atoms with E-state index in [9.17, 15) is 9.90 Å². The topological polar surface area (TPSA) is 77.0 Å². The summed E-state index contributed by atoms with van der Waals surface area (Å²) in [7, 11) is 0. The van der Waals surface area contributed by atoms with Crippen molar-refractivity contribution in [3.05, 3.63) is 65.7 Å². The molecule has 0 bridgehead atoms. The van der Waals surface area contributed by atoms with Gasteiger partial charge in [0.15, 0.2) is 5.96 Å². The van der Waals surface area contributed by atoms with E-state index >= 15 is 0 Å². The minimum atomic E-state index is -0.0373. The number of nitrogens with zero attached hydrogens (tertiary/aromatic N) is 2. The summed E-state index contributed by atoms with van der Waals surface area (Å²) in [5.74, 6) is 0.543. The van der Waals surface area contributed by atoms with Crippen molar-refractivity contribution in [2.45, 2.75) is 25.7 Å². The Hall–Kier alpha value is -2.86. The number of benzene rings is 2. The Morgan fingerprint density at radius 3 is 2.66 bits per heavy atom. The number of carbonyl (C=O) groups excluding carboxylic acids is 1. The highest BCUT2D eigenvalue weighted by atomic mass is 16.3. The molecular formula is C23H30N4O2. The van der Waals surface area contributed by atoms with Gasteiger partial charge in [0.2, 0.25) is 5.91 Å². The lowest BCUT2D eigenvalue weighted by Crippen LogP contribution is -2.42. The number of carbonyl (C=O) groups is 1. The molecule has 1 atom stereocenters. The predicted molar refractivity (Wildman–Crippen MR) is 117 cm³/mol. The summed E-state index contributed by atoms with van der Waals surface area (Å²) in [5.41, 5.74) is 3.29. The van der Waals surface area contributed by atoms with Crippen molar-refractivity contribution in [1.29, 1.82) is 0 Å². The molecule has 3 rings (SSSR count). The molecule has 1 aliphatic heterocycles. The molecule has 1 heterocycles. The smallest absolute Gasteiger partial charge is 0.248 e. The second-order valence-electron chi connectivity index (χ2n) is 7.14. The number of para-hydroxylation sites is 1. The SMILES string of the molecule is CCNC(=NCC(=O)N1CCCc2ccccc21)NCC(CO)c1ccccc1. The number of hydrogen-bond acceptors (Lipinski definition) is 3. The molecule has 0 fully saturated rings. The van der Waals surface area contributed by atoms with Crippen LogP contribution in [0.5, 0.6) is 0 Å². The van der Waals surface area contributed by atoms with E-state index in [0.29, 0.717) is 19.0 Å². The van der Waals surface area contributed by atoms with Crippen LogP contribution in [0, 0.1) is 0 Å². The Labute approximate surface area is 172 Å². The number of aryl methyl sites for hydroxylation is 1. The van der Waals surface area contributed by atoms with Crippen LogP contribution in [-0.4, -0.2) is 49.8 Å². The van der Waals surface area contributed by atoms with Crippen molar-refractivity contribution >= 4 is 17.6 Å². The molecule has 1 unspecified atom stereocenters. The fourth-order valence-electron chi connectivity index (χ4n) is 3.60. The van der Waals surface area contributed by atoms with Gasteiger partial charge in [-0.1, -0.05) is 48.5 Å². The molecule has 0 saturated carbocycles. The minimum absolute atomic E-state index is 0.00359. The molecule has 154 valence electrons. The van der Waals surface area contributed by atoms with Crippen LogP contribution in [0.2, 0.25) is 0 Å². The quantitative estimate of drug-likeness (QED) is 0.497. The van der Waals surface area contributed by atoms with Crippen molar-refractivity contribution in [3.8, 4) is 0 Å². The van der Waals surface area contributed by atoms with Gasteiger partial charge < -0.3 is 20.6 Å². The molecule has 0 saturated heterocycles. The lowest BCUT2D eigenvalue weighted by atomic mass is 10.0. The van der Waals surface area contributed by atoms with E-state index < -0.39 is 0 Å². The number of aliphatic imine (C=N–C) groups is 1. The summed E-state index contributed by atoms with van der Waals surface area (Å²) >= 11 is 0. The van der Waals surface area contributed by atoms with E-state index in [1.54, 1.807) is 0 Å². The maximum Gasteiger partial charge on any atom is 0.248 e. The Bertz CT molecular complexity index is 823. The van der Waals surface area contributed by atoms with Gasteiger partial charge in [0.1, 0.15) is 6.54 Å². The first-order valence-corrected chi connectivity index (χ1v) is 10.3. The molecule has 1 aliphatic rings. The summed E-state index contributed by atoms with van der Waals surface area (Å²) < 4.78 is 0.